The normalized spacial score (nSPS) is 24.3. The zero-order chi connectivity index (χ0) is 17.2. The zero-order valence-corrected chi connectivity index (χ0v) is 15.4. The molecule has 2 aliphatic heterocycles. The molecule has 2 fully saturated rings. The molecule has 2 aliphatic rings. The first-order valence-electron chi connectivity index (χ1n) is 9.53. The SMILES string of the molecule is O[C@H]1CCCN[C@@H]1CCCn1cnc2cc(Cl)cc(N3CCCC3)c21. The number of halogens is 1. The van der Waals surface area contributed by atoms with E-state index in [-0.39, 0.29) is 12.1 Å². The predicted octanol–water partition coefficient (Wildman–Crippen LogP) is 3.18. The van der Waals surface area contributed by atoms with Gasteiger partial charge >= 0.3 is 0 Å². The second-order valence-corrected chi connectivity index (χ2v) is 7.77. The Balaban J connectivity index is 1.51. The van der Waals surface area contributed by atoms with Crippen molar-refractivity contribution in [1.82, 2.24) is 14.9 Å². The van der Waals surface area contributed by atoms with E-state index in [0.29, 0.717) is 0 Å². The van der Waals surface area contributed by atoms with E-state index in [1.807, 2.05) is 12.4 Å². The fourth-order valence-electron chi connectivity index (χ4n) is 4.23. The molecule has 0 spiro atoms. The maximum Gasteiger partial charge on any atom is 0.0958 e. The molecule has 0 unspecified atom stereocenters. The molecule has 136 valence electrons. The fraction of sp³-hybridized carbons (Fsp3) is 0.632. The van der Waals surface area contributed by atoms with Crippen LogP contribution in [0.1, 0.15) is 38.5 Å². The van der Waals surface area contributed by atoms with Gasteiger partial charge in [0.25, 0.3) is 0 Å². The van der Waals surface area contributed by atoms with E-state index < -0.39 is 0 Å². The monoisotopic (exact) mass is 362 g/mol. The molecule has 2 atom stereocenters. The lowest BCUT2D eigenvalue weighted by atomic mass is 9.97. The van der Waals surface area contributed by atoms with Crippen LogP contribution < -0.4 is 10.2 Å². The summed E-state index contributed by atoms with van der Waals surface area (Å²) >= 11 is 6.32. The first-order chi connectivity index (χ1) is 12.2. The van der Waals surface area contributed by atoms with E-state index in [4.69, 9.17) is 11.6 Å². The number of imidazole rings is 1. The Kier molecular flexibility index (Phi) is 5.15. The zero-order valence-electron chi connectivity index (χ0n) is 14.6. The van der Waals surface area contributed by atoms with Crippen LogP contribution in [-0.4, -0.2) is 46.4 Å². The molecule has 2 saturated heterocycles. The van der Waals surface area contributed by atoms with Gasteiger partial charge < -0.3 is 19.9 Å². The summed E-state index contributed by atoms with van der Waals surface area (Å²) in [6.45, 7) is 4.13. The molecular weight excluding hydrogens is 336 g/mol. The molecule has 5 nitrogen and oxygen atoms in total. The lowest BCUT2D eigenvalue weighted by molar-refractivity contribution is 0.0909. The van der Waals surface area contributed by atoms with Crippen molar-refractivity contribution >= 4 is 28.3 Å². The van der Waals surface area contributed by atoms with E-state index in [0.717, 1.165) is 62.4 Å². The van der Waals surface area contributed by atoms with Gasteiger partial charge in [0, 0.05) is 30.7 Å². The molecule has 0 bridgehead atoms. The highest BCUT2D eigenvalue weighted by atomic mass is 35.5. The number of aryl methyl sites for hydroxylation is 1. The van der Waals surface area contributed by atoms with Crippen LogP contribution in [0, 0.1) is 0 Å². The minimum absolute atomic E-state index is 0.202. The number of aromatic nitrogens is 2. The lowest BCUT2D eigenvalue weighted by Gasteiger charge is -2.29. The van der Waals surface area contributed by atoms with Crippen LogP contribution in [0.2, 0.25) is 5.02 Å². The number of rotatable bonds is 5. The van der Waals surface area contributed by atoms with Gasteiger partial charge in [-0.3, -0.25) is 0 Å². The molecule has 1 aromatic carbocycles. The van der Waals surface area contributed by atoms with Crippen molar-refractivity contribution in [3.05, 3.63) is 23.5 Å². The molecule has 1 aromatic heterocycles. The number of aliphatic hydroxyl groups excluding tert-OH is 1. The second kappa shape index (κ2) is 7.52. The number of benzene rings is 1. The van der Waals surface area contributed by atoms with Gasteiger partial charge in [-0.25, -0.2) is 4.98 Å². The van der Waals surface area contributed by atoms with E-state index in [2.05, 4.69) is 25.8 Å². The van der Waals surface area contributed by atoms with Crippen molar-refractivity contribution in [2.75, 3.05) is 24.5 Å². The number of aliphatic hydroxyl groups is 1. The summed E-state index contributed by atoms with van der Waals surface area (Å²) in [7, 11) is 0. The standard InChI is InChI=1S/C19H27ClN4O/c20-14-11-16-19(17(12-14)23-8-1-2-9-23)24(13-22-16)10-4-5-15-18(25)6-3-7-21-15/h11-13,15,18,21,25H,1-10H2/t15-,18+/m1/s1. The average Bonchev–Trinajstić information content (AvgIpc) is 3.26. The predicted molar refractivity (Wildman–Crippen MR) is 102 cm³/mol. The summed E-state index contributed by atoms with van der Waals surface area (Å²) in [6.07, 6.45) is 8.24. The number of hydrogen-bond donors (Lipinski definition) is 2. The molecule has 25 heavy (non-hydrogen) atoms. The van der Waals surface area contributed by atoms with Crippen LogP contribution in [0.5, 0.6) is 0 Å². The largest absolute Gasteiger partial charge is 0.392 e. The van der Waals surface area contributed by atoms with Gasteiger partial charge in [-0.05, 0) is 57.2 Å². The molecule has 6 heteroatoms. The Bertz CT molecular complexity index is 726. The Morgan fingerprint density at radius 2 is 2.08 bits per heavy atom. The van der Waals surface area contributed by atoms with Crippen LogP contribution in [0.4, 0.5) is 5.69 Å². The van der Waals surface area contributed by atoms with Gasteiger partial charge in [0.1, 0.15) is 0 Å². The summed E-state index contributed by atoms with van der Waals surface area (Å²) in [6, 6.07) is 4.27. The number of anilines is 1. The van der Waals surface area contributed by atoms with Gasteiger partial charge in [0.2, 0.25) is 0 Å². The molecule has 0 amide bonds. The molecule has 2 aromatic rings. The third-order valence-corrected chi connectivity index (χ3v) is 5.78. The third kappa shape index (κ3) is 3.64. The molecule has 4 rings (SSSR count). The molecule has 0 aliphatic carbocycles. The minimum Gasteiger partial charge on any atom is -0.392 e. The molecule has 0 radical (unpaired) electrons. The van der Waals surface area contributed by atoms with E-state index in [1.54, 1.807) is 0 Å². The average molecular weight is 363 g/mol. The first-order valence-corrected chi connectivity index (χ1v) is 9.91. The van der Waals surface area contributed by atoms with Gasteiger partial charge in [0.15, 0.2) is 0 Å². The van der Waals surface area contributed by atoms with Crippen LogP contribution in [0.25, 0.3) is 11.0 Å². The van der Waals surface area contributed by atoms with Crippen LogP contribution in [0.15, 0.2) is 18.5 Å². The smallest absolute Gasteiger partial charge is 0.0958 e. The maximum absolute atomic E-state index is 10.1. The van der Waals surface area contributed by atoms with Gasteiger partial charge in [-0.1, -0.05) is 11.6 Å². The second-order valence-electron chi connectivity index (χ2n) is 7.34. The van der Waals surface area contributed by atoms with Gasteiger partial charge in [-0.15, -0.1) is 0 Å². The van der Waals surface area contributed by atoms with Crippen molar-refractivity contribution in [2.45, 2.75) is 57.2 Å². The number of piperidine rings is 1. The van der Waals surface area contributed by atoms with Crippen LogP contribution >= 0.6 is 11.6 Å². The van der Waals surface area contributed by atoms with Crippen molar-refractivity contribution in [2.24, 2.45) is 0 Å². The Hall–Kier alpha value is -1.30. The number of hydrogen-bond acceptors (Lipinski definition) is 4. The van der Waals surface area contributed by atoms with Crippen molar-refractivity contribution < 1.29 is 5.11 Å². The maximum atomic E-state index is 10.1. The fourth-order valence-corrected chi connectivity index (χ4v) is 4.44. The highest BCUT2D eigenvalue weighted by Crippen LogP contribution is 2.32. The first kappa shape index (κ1) is 17.1. The summed E-state index contributed by atoms with van der Waals surface area (Å²) < 4.78 is 2.26. The molecule has 3 heterocycles. The molecule has 0 saturated carbocycles. The summed E-state index contributed by atoms with van der Waals surface area (Å²) in [5.41, 5.74) is 3.39. The van der Waals surface area contributed by atoms with Crippen molar-refractivity contribution in [3.8, 4) is 0 Å². The van der Waals surface area contributed by atoms with E-state index in [1.165, 1.54) is 24.0 Å². The topological polar surface area (TPSA) is 53.3 Å². The summed E-state index contributed by atoms with van der Waals surface area (Å²) in [4.78, 5) is 7.01. The highest BCUT2D eigenvalue weighted by molar-refractivity contribution is 6.31. The quantitative estimate of drug-likeness (QED) is 0.857. The molecular formula is C19H27ClN4O. The number of nitrogens with zero attached hydrogens (tertiary/aromatic N) is 3. The third-order valence-electron chi connectivity index (χ3n) is 5.57. The minimum atomic E-state index is -0.202. The Labute approximate surface area is 154 Å². The van der Waals surface area contributed by atoms with Crippen molar-refractivity contribution in [3.63, 3.8) is 0 Å². The van der Waals surface area contributed by atoms with E-state index >= 15 is 0 Å². The van der Waals surface area contributed by atoms with E-state index in [9.17, 15) is 5.11 Å². The molecule has 2 N–H and O–H groups in total. The Morgan fingerprint density at radius 1 is 1.24 bits per heavy atom. The van der Waals surface area contributed by atoms with Gasteiger partial charge in [0.05, 0.1) is 29.2 Å². The van der Waals surface area contributed by atoms with Crippen LogP contribution in [-0.2, 0) is 6.54 Å². The van der Waals surface area contributed by atoms with Gasteiger partial charge in [-0.2, -0.15) is 0 Å². The summed E-state index contributed by atoms with van der Waals surface area (Å²) in [5, 5.41) is 14.3. The highest BCUT2D eigenvalue weighted by Gasteiger charge is 2.22. The number of fused-ring (bicyclic) bond motifs is 1. The summed E-state index contributed by atoms with van der Waals surface area (Å²) in [5.74, 6) is 0. The van der Waals surface area contributed by atoms with Crippen molar-refractivity contribution in [1.29, 1.82) is 0 Å². The number of nitrogens with one attached hydrogen (secondary N) is 1. The van der Waals surface area contributed by atoms with Crippen LogP contribution in [0.3, 0.4) is 0 Å². The Morgan fingerprint density at radius 3 is 2.88 bits per heavy atom. The lowest BCUT2D eigenvalue weighted by Crippen LogP contribution is -2.44.